The van der Waals surface area contributed by atoms with E-state index < -0.39 is 0 Å². The number of hydrogen-bond acceptors (Lipinski definition) is 2. The predicted molar refractivity (Wildman–Crippen MR) is 69.4 cm³/mol. The molecule has 1 aromatic carbocycles. The summed E-state index contributed by atoms with van der Waals surface area (Å²) in [6, 6.07) is 8.68. The van der Waals surface area contributed by atoms with Crippen molar-refractivity contribution < 1.29 is 0 Å². The number of pyridine rings is 1. The number of aromatic nitrogens is 1. The summed E-state index contributed by atoms with van der Waals surface area (Å²) in [5.74, 6) is 0. The van der Waals surface area contributed by atoms with Crippen molar-refractivity contribution >= 4 is 34.8 Å². The molecule has 0 radical (unpaired) electrons. The Bertz CT molecular complexity index is 618. The number of nitrogens with zero attached hydrogens (tertiary/aromatic N) is 2. The van der Waals surface area contributed by atoms with Gasteiger partial charge in [-0.2, -0.15) is 5.26 Å². The van der Waals surface area contributed by atoms with Crippen molar-refractivity contribution in [1.82, 2.24) is 4.98 Å². The van der Waals surface area contributed by atoms with Gasteiger partial charge in [-0.25, -0.2) is 4.98 Å². The summed E-state index contributed by atoms with van der Waals surface area (Å²) >= 11 is 17.9. The second-order valence-electron chi connectivity index (χ2n) is 3.26. The van der Waals surface area contributed by atoms with E-state index in [0.717, 1.165) is 0 Å². The van der Waals surface area contributed by atoms with Gasteiger partial charge < -0.3 is 0 Å². The lowest BCUT2D eigenvalue weighted by Crippen LogP contribution is -1.89. The van der Waals surface area contributed by atoms with Crippen molar-refractivity contribution in [3.05, 3.63) is 51.2 Å². The molecular weight excluding hydrogens is 279 g/mol. The minimum absolute atomic E-state index is 0.299. The number of benzene rings is 1. The number of rotatable bonds is 1. The average Bonchev–Trinajstić information content (AvgIpc) is 2.34. The Morgan fingerprint density at radius 3 is 2.41 bits per heavy atom. The lowest BCUT2D eigenvalue weighted by Gasteiger charge is -2.07. The molecule has 0 atom stereocenters. The fourth-order valence-electron chi connectivity index (χ4n) is 1.44. The van der Waals surface area contributed by atoms with Crippen molar-refractivity contribution in [3.63, 3.8) is 0 Å². The third-order valence-corrected chi connectivity index (χ3v) is 3.25. The summed E-state index contributed by atoms with van der Waals surface area (Å²) in [5, 5.41) is 10.2. The van der Waals surface area contributed by atoms with E-state index in [4.69, 9.17) is 40.1 Å². The second kappa shape index (κ2) is 4.93. The highest BCUT2D eigenvalue weighted by molar-refractivity contribution is 6.44. The molecule has 0 aliphatic heterocycles. The Morgan fingerprint density at radius 2 is 1.71 bits per heavy atom. The summed E-state index contributed by atoms with van der Waals surface area (Å²) < 4.78 is 0. The van der Waals surface area contributed by atoms with E-state index in [2.05, 4.69) is 4.98 Å². The van der Waals surface area contributed by atoms with Crippen molar-refractivity contribution in [2.24, 2.45) is 0 Å². The molecule has 0 N–H and O–H groups in total. The first kappa shape index (κ1) is 12.2. The average molecular weight is 284 g/mol. The van der Waals surface area contributed by atoms with Crippen molar-refractivity contribution in [2.75, 3.05) is 0 Å². The van der Waals surface area contributed by atoms with Gasteiger partial charge >= 0.3 is 0 Å². The zero-order valence-corrected chi connectivity index (χ0v) is 10.7. The number of nitriles is 1. The van der Waals surface area contributed by atoms with Gasteiger partial charge in [0.05, 0.1) is 15.1 Å². The first-order valence-corrected chi connectivity index (χ1v) is 5.77. The summed E-state index contributed by atoms with van der Waals surface area (Å²) in [4.78, 5) is 3.97. The van der Waals surface area contributed by atoms with Gasteiger partial charge in [-0.3, -0.25) is 0 Å². The fourth-order valence-corrected chi connectivity index (χ4v) is 2.09. The molecule has 1 heterocycles. The van der Waals surface area contributed by atoms with Crippen LogP contribution in [0.15, 0.2) is 30.5 Å². The van der Waals surface area contributed by atoms with Crippen LogP contribution in [0.1, 0.15) is 5.69 Å². The van der Waals surface area contributed by atoms with Crippen molar-refractivity contribution in [3.8, 4) is 17.2 Å². The molecule has 2 nitrogen and oxygen atoms in total. The lowest BCUT2D eigenvalue weighted by atomic mass is 10.0. The van der Waals surface area contributed by atoms with Gasteiger partial charge in [0.2, 0.25) is 0 Å². The predicted octanol–water partition coefficient (Wildman–Crippen LogP) is 4.58. The Kier molecular flexibility index (Phi) is 3.54. The van der Waals surface area contributed by atoms with E-state index in [1.807, 2.05) is 6.07 Å². The molecule has 5 heteroatoms. The molecule has 0 saturated carbocycles. The zero-order chi connectivity index (χ0) is 12.4. The third kappa shape index (κ3) is 2.37. The monoisotopic (exact) mass is 282 g/mol. The Hall–Kier alpha value is -1.27. The first-order valence-electron chi connectivity index (χ1n) is 4.63. The molecule has 2 aromatic rings. The van der Waals surface area contributed by atoms with Gasteiger partial charge in [0.25, 0.3) is 0 Å². The molecule has 0 aliphatic carbocycles. The normalized spacial score (nSPS) is 10.0. The van der Waals surface area contributed by atoms with Crippen LogP contribution in [0.4, 0.5) is 0 Å². The molecule has 84 valence electrons. The number of hydrogen-bond donors (Lipinski definition) is 0. The van der Waals surface area contributed by atoms with Gasteiger partial charge in [0.15, 0.2) is 0 Å². The van der Waals surface area contributed by atoms with Crippen LogP contribution in [0.2, 0.25) is 15.1 Å². The largest absolute Gasteiger partial charge is 0.245 e. The van der Waals surface area contributed by atoms with Gasteiger partial charge in [-0.15, -0.1) is 0 Å². The minimum Gasteiger partial charge on any atom is -0.245 e. The highest BCUT2D eigenvalue weighted by atomic mass is 35.5. The lowest BCUT2D eigenvalue weighted by molar-refractivity contribution is 1.26. The van der Waals surface area contributed by atoms with E-state index in [0.29, 0.717) is 31.9 Å². The van der Waals surface area contributed by atoms with E-state index >= 15 is 0 Å². The molecule has 0 aliphatic rings. The van der Waals surface area contributed by atoms with Crippen LogP contribution in [-0.2, 0) is 0 Å². The van der Waals surface area contributed by atoms with Crippen LogP contribution in [0.3, 0.4) is 0 Å². The van der Waals surface area contributed by atoms with Crippen molar-refractivity contribution in [1.29, 1.82) is 5.26 Å². The topological polar surface area (TPSA) is 36.7 Å². The van der Waals surface area contributed by atoms with Crippen LogP contribution >= 0.6 is 34.8 Å². The van der Waals surface area contributed by atoms with Gasteiger partial charge in [-0.05, 0) is 24.3 Å². The van der Waals surface area contributed by atoms with Gasteiger partial charge in [0, 0.05) is 17.3 Å². The highest BCUT2D eigenvalue weighted by Gasteiger charge is 2.11. The minimum atomic E-state index is 0.299. The number of halogens is 3. The Morgan fingerprint density at radius 1 is 1.00 bits per heavy atom. The van der Waals surface area contributed by atoms with Crippen LogP contribution in [-0.4, -0.2) is 4.98 Å². The molecule has 0 amide bonds. The SMILES string of the molecule is N#Cc1ncccc1-c1cc(Cl)c(Cl)cc1Cl. The summed E-state index contributed by atoms with van der Waals surface area (Å²) in [6.45, 7) is 0. The van der Waals surface area contributed by atoms with E-state index in [-0.39, 0.29) is 0 Å². The van der Waals surface area contributed by atoms with E-state index in [1.54, 1.807) is 30.5 Å². The molecule has 0 unspecified atom stereocenters. The van der Waals surface area contributed by atoms with Crippen LogP contribution in [0.25, 0.3) is 11.1 Å². The highest BCUT2D eigenvalue weighted by Crippen LogP contribution is 2.35. The zero-order valence-electron chi connectivity index (χ0n) is 8.42. The molecule has 0 saturated heterocycles. The maximum Gasteiger partial charge on any atom is 0.148 e. The first-order chi connectivity index (χ1) is 8.13. The van der Waals surface area contributed by atoms with Gasteiger partial charge in [-0.1, -0.05) is 34.8 Å². The van der Waals surface area contributed by atoms with Crippen LogP contribution < -0.4 is 0 Å². The van der Waals surface area contributed by atoms with E-state index in [9.17, 15) is 0 Å². The quantitative estimate of drug-likeness (QED) is 0.718. The Labute approximate surface area is 113 Å². The van der Waals surface area contributed by atoms with Crippen LogP contribution in [0.5, 0.6) is 0 Å². The van der Waals surface area contributed by atoms with Crippen LogP contribution in [0, 0.1) is 11.3 Å². The molecule has 0 bridgehead atoms. The standard InChI is InChI=1S/C12H5Cl3N2/c13-9-5-11(15)10(14)4-8(9)7-2-1-3-17-12(7)6-16/h1-5H. The summed E-state index contributed by atoms with van der Waals surface area (Å²) in [6.07, 6.45) is 1.55. The molecule has 0 fully saturated rings. The molecule has 17 heavy (non-hydrogen) atoms. The smallest absolute Gasteiger partial charge is 0.148 e. The Balaban J connectivity index is 2.69. The molecule has 2 rings (SSSR count). The molecular formula is C12H5Cl3N2. The summed E-state index contributed by atoms with van der Waals surface area (Å²) in [5.41, 5.74) is 1.58. The van der Waals surface area contributed by atoms with E-state index in [1.165, 1.54) is 0 Å². The molecule has 0 spiro atoms. The maximum absolute atomic E-state index is 8.98. The van der Waals surface area contributed by atoms with Crippen molar-refractivity contribution in [2.45, 2.75) is 0 Å². The second-order valence-corrected chi connectivity index (χ2v) is 4.48. The fraction of sp³-hybridized carbons (Fsp3) is 0. The maximum atomic E-state index is 8.98. The third-order valence-electron chi connectivity index (χ3n) is 2.21. The summed E-state index contributed by atoms with van der Waals surface area (Å²) in [7, 11) is 0. The molecule has 1 aromatic heterocycles. The van der Waals surface area contributed by atoms with Gasteiger partial charge in [0.1, 0.15) is 11.8 Å².